The molecule has 0 spiro atoms. The number of ether oxygens (including phenoxy) is 1. The van der Waals surface area contributed by atoms with Crippen molar-refractivity contribution in [3.05, 3.63) is 0 Å². The molecular weight excluding hydrogens is 216 g/mol. The highest BCUT2D eigenvalue weighted by atomic mass is 16.5. The van der Waals surface area contributed by atoms with Gasteiger partial charge in [-0.25, -0.2) is 0 Å². The normalized spacial score (nSPS) is 15.4. The van der Waals surface area contributed by atoms with E-state index in [2.05, 4.69) is 17.6 Å². The maximum absolute atomic E-state index is 11.8. The van der Waals surface area contributed by atoms with E-state index in [-0.39, 0.29) is 23.6 Å². The van der Waals surface area contributed by atoms with Gasteiger partial charge in [-0.05, 0) is 41.0 Å². The Balaban J connectivity index is 4.00. The molecule has 0 aromatic carbocycles. The lowest BCUT2D eigenvalue weighted by Crippen LogP contribution is -2.49. The molecule has 0 aromatic heterocycles. The summed E-state index contributed by atoms with van der Waals surface area (Å²) in [7, 11) is 0. The first kappa shape index (κ1) is 16.4. The Morgan fingerprint density at radius 3 is 2.35 bits per heavy atom. The summed E-state index contributed by atoms with van der Waals surface area (Å²) in [5, 5.41) is 6.16. The molecule has 0 bridgehead atoms. The van der Waals surface area contributed by atoms with Gasteiger partial charge in [0.2, 0.25) is 5.91 Å². The number of hydrogen-bond donors (Lipinski definition) is 2. The standard InChI is InChI=1S/C13H28N2O2/c1-7-10(3)15-12(16)11(4)14-9-13(5,6)17-8-2/h10-11,14H,7-9H2,1-6H3,(H,15,16). The van der Waals surface area contributed by atoms with E-state index in [0.29, 0.717) is 13.2 Å². The zero-order valence-electron chi connectivity index (χ0n) is 12.1. The van der Waals surface area contributed by atoms with Crippen LogP contribution >= 0.6 is 0 Å². The zero-order valence-corrected chi connectivity index (χ0v) is 12.1. The van der Waals surface area contributed by atoms with Gasteiger partial charge in [0, 0.05) is 19.2 Å². The lowest BCUT2D eigenvalue weighted by molar-refractivity contribution is -0.123. The zero-order chi connectivity index (χ0) is 13.5. The fraction of sp³-hybridized carbons (Fsp3) is 0.923. The summed E-state index contributed by atoms with van der Waals surface area (Å²) in [6, 6.07) is 0.0374. The molecule has 4 heteroatoms. The molecule has 0 radical (unpaired) electrons. The van der Waals surface area contributed by atoms with Crippen molar-refractivity contribution in [3.8, 4) is 0 Å². The van der Waals surface area contributed by atoms with Gasteiger partial charge in [-0.15, -0.1) is 0 Å². The lowest BCUT2D eigenvalue weighted by Gasteiger charge is -2.27. The SMILES string of the molecule is CCOC(C)(C)CNC(C)C(=O)NC(C)CC. The van der Waals surface area contributed by atoms with Gasteiger partial charge in [0.15, 0.2) is 0 Å². The summed E-state index contributed by atoms with van der Waals surface area (Å²) < 4.78 is 5.57. The minimum absolute atomic E-state index is 0.0478. The summed E-state index contributed by atoms with van der Waals surface area (Å²) in [6.45, 7) is 13.3. The van der Waals surface area contributed by atoms with Gasteiger partial charge in [0.1, 0.15) is 0 Å². The molecule has 0 aliphatic rings. The van der Waals surface area contributed by atoms with Gasteiger partial charge >= 0.3 is 0 Å². The third-order valence-corrected chi connectivity index (χ3v) is 2.76. The van der Waals surface area contributed by atoms with Crippen LogP contribution < -0.4 is 10.6 Å². The van der Waals surface area contributed by atoms with Crippen LogP contribution in [0.1, 0.15) is 48.0 Å². The summed E-state index contributed by atoms with van der Waals surface area (Å²) in [4.78, 5) is 11.8. The number of nitrogens with one attached hydrogen (secondary N) is 2. The van der Waals surface area contributed by atoms with Crippen molar-refractivity contribution < 1.29 is 9.53 Å². The van der Waals surface area contributed by atoms with Gasteiger partial charge in [-0.1, -0.05) is 6.92 Å². The van der Waals surface area contributed by atoms with E-state index in [9.17, 15) is 4.79 Å². The number of rotatable bonds is 8. The molecule has 0 aliphatic heterocycles. The number of amides is 1. The van der Waals surface area contributed by atoms with Crippen molar-refractivity contribution >= 4 is 5.91 Å². The van der Waals surface area contributed by atoms with E-state index in [1.165, 1.54) is 0 Å². The highest BCUT2D eigenvalue weighted by molar-refractivity contribution is 5.81. The third kappa shape index (κ3) is 7.34. The van der Waals surface area contributed by atoms with Crippen LogP contribution in [0.5, 0.6) is 0 Å². The van der Waals surface area contributed by atoms with Crippen LogP contribution in [0.2, 0.25) is 0 Å². The van der Waals surface area contributed by atoms with E-state index < -0.39 is 0 Å². The number of hydrogen-bond acceptors (Lipinski definition) is 3. The fourth-order valence-electron chi connectivity index (χ4n) is 1.40. The highest BCUT2D eigenvalue weighted by Crippen LogP contribution is 2.07. The summed E-state index contributed by atoms with van der Waals surface area (Å²) in [5.74, 6) is 0.0478. The molecule has 0 heterocycles. The Hall–Kier alpha value is -0.610. The van der Waals surface area contributed by atoms with Crippen molar-refractivity contribution in [2.24, 2.45) is 0 Å². The molecule has 0 saturated carbocycles. The minimum Gasteiger partial charge on any atom is -0.375 e. The fourth-order valence-corrected chi connectivity index (χ4v) is 1.40. The van der Waals surface area contributed by atoms with Crippen molar-refractivity contribution in [1.29, 1.82) is 0 Å². The second kappa shape index (κ2) is 7.67. The molecule has 102 valence electrons. The largest absolute Gasteiger partial charge is 0.375 e. The molecule has 4 nitrogen and oxygen atoms in total. The Morgan fingerprint density at radius 1 is 1.29 bits per heavy atom. The summed E-state index contributed by atoms with van der Waals surface area (Å²) in [6.07, 6.45) is 0.947. The maximum atomic E-state index is 11.8. The molecule has 2 N–H and O–H groups in total. The lowest BCUT2D eigenvalue weighted by atomic mass is 10.1. The monoisotopic (exact) mass is 244 g/mol. The van der Waals surface area contributed by atoms with Gasteiger partial charge in [-0.3, -0.25) is 4.79 Å². The Kier molecular flexibility index (Phi) is 7.39. The van der Waals surface area contributed by atoms with E-state index in [1.54, 1.807) is 0 Å². The first-order valence-electron chi connectivity index (χ1n) is 6.50. The molecule has 0 aliphatic carbocycles. The van der Waals surface area contributed by atoms with Crippen molar-refractivity contribution in [1.82, 2.24) is 10.6 Å². The van der Waals surface area contributed by atoms with Crippen molar-refractivity contribution in [2.75, 3.05) is 13.2 Å². The molecule has 2 unspecified atom stereocenters. The Morgan fingerprint density at radius 2 is 1.88 bits per heavy atom. The predicted molar refractivity (Wildman–Crippen MR) is 71.1 cm³/mol. The smallest absolute Gasteiger partial charge is 0.237 e. The minimum atomic E-state index is -0.236. The van der Waals surface area contributed by atoms with Crippen molar-refractivity contribution in [3.63, 3.8) is 0 Å². The molecular formula is C13H28N2O2. The third-order valence-electron chi connectivity index (χ3n) is 2.76. The molecule has 0 saturated heterocycles. The summed E-state index contributed by atoms with van der Waals surface area (Å²) >= 11 is 0. The van der Waals surface area contributed by atoms with Crippen LogP contribution in [-0.2, 0) is 9.53 Å². The quantitative estimate of drug-likeness (QED) is 0.683. The molecule has 1 amide bonds. The van der Waals surface area contributed by atoms with Crippen LogP contribution in [0.3, 0.4) is 0 Å². The van der Waals surface area contributed by atoms with E-state index in [1.807, 2.05) is 34.6 Å². The second-order valence-electron chi connectivity index (χ2n) is 5.11. The predicted octanol–water partition coefficient (Wildman–Crippen LogP) is 1.69. The average molecular weight is 244 g/mol. The first-order chi connectivity index (χ1) is 7.82. The van der Waals surface area contributed by atoms with E-state index >= 15 is 0 Å². The Bertz CT molecular complexity index is 229. The molecule has 17 heavy (non-hydrogen) atoms. The van der Waals surface area contributed by atoms with Crippen LogP contribution in [0, 0.1) is 0 Å². The summed E-state index contributed by atoms with van der Waals surface area (Å²) in [5.41, 5.74) is -0.236. The molecule has 2 atom stereocenters. The van der Waals surface area contributed by atoms with Gasteiger partial charge < -0.3 is 15.4 Å². The van der Waals surface area contributed by atoms with E-state index in [4.69, 9.17) is 4.74 Å². The van der Waals surface area contributed by atoms with Gasteiger partial charge in [0.25, 0.3) is 0 Å². The van der Waals surface area contributed by atoms with Crippen LogP contribution in [0.15, 0.2) is 0 Å². The van der Waals surface area contributed by atoms with Gasteiger partial charge in [0.05, 0.1) is 11.6 Å². The number of carbonyl (C=O) groups excluding carboxylic acids is 1. The van der Waals surface area contributed by atoms with Crippen LogP contribution in [0.4, 0.5) is 0 Å². The highest BCUT2D eigenvalue weighted by Gasteiger charge is 2.21. The average Bonchev–Trinajstić information content (AvgIpc) is 2.25. The maximum Gasteiger partial charge on any atom is 0.237 e. The molecule has 0 rings (SSSR count). The Labute approximate surface area is 105 Å². The first-order valence-corrected chi connectivity index (χ1v) is 6.50. The molecule has 0 aromatic rings. The van der Waals surface area contributed by atoms with E-state index in [0.717, 1.165) is 6.42 Å². The molecule has 0 fully saturated rings. The number of carbonyl (C=O) groups is 1. The topological polar surface area (TPSA) is 50.4 Å². The van der Waals surface area contributed by atoms with Gasteiger partial charge in [-0.2, -0.15) is 0 Å². The van der Waals surface area contributed by atoms with Crippen LogP contribution in [-0.4, -0.2) is 36.7 Å². The van der Waals surface area contributed by atoms with Crippen molar-refractivity contribution in [2.45, 2.75) is 65.6 Å². The second-order valence-corrected chi connectivity index (χ2v) is 5.11. The van der Waals surface area contributed by atoms with Crippen LogP contribution in [0.25, 0.3) is 0 Å².